The molecule has 5 heteroatoms. The molecule has 17 heavy (non-hydrogen) atoms. The molecule has 5 nitrogen and oxygen atoms in total. The Morgan fingerprint density at radius 1 is 1.12 bits per heavy atom. The van der Waals surface area contributed by atoms with Gasteiger partial charge in [-0.2, -0.15) is 0 Å². The molecule has 0 fully saturated rings. The van der Waals surface area contributed by atoms with Crippen LogP contribution in [0.4, 0.5) is 5.69 Å². The van der Waals surface area contributed by atoms with E-state index in [-0.39, 0.29) is 13.2 Å². The van der Waals surface area contributed by atoms with Gasteiger partial charge in [0.05, 0.1) is 13.2 Å². The molecule has 1 rings (SSSR count). The summed E-state index contributed by atoms with van der Waals surface area (Å²) < 4.78 is 5.53. The molecule has 0 bridgehead atoms. The third kappa shape index (κ3) is 5.53. The first-order chi connectivity index (χ1) is 8.26. The van der Waals surface area contributed by atoms with E-state index in [1.807, 2.05) is 17.0 Å². The minimum atomic E-state index is 0.0816. The van der Waals surface area contributed by atoms with Gasteiger partial charge < -0.3 is 20.7 Å². The minimum absolute atomic E-state index is 0.0816. The zero-order chi connectivity index (χ0) is 12.5. The molecular formula is C12H20N2O3. The summed E-state index contributed by atoms with van der Waals surface area (Å²) in [6.45, 7) is 2.41. The number of hydrogen-bond donors (Lipinski definition) is 3. The van der Waals surface area contributed by atoms with Gasteiger partial charge in [-0.3, -0.25) is 4.90 Å². The lowest BCUT2D eigenvalue weighted by molar-refractivity contribution is 0.141. The van der Waals surface area contributed by atoms with Gasteiger partial charge in [0.2, 0.25) is 0 Å². The molecule has 0 saturated carbocycles. The van der Waals surface area contributed by atoms with Crippen molar-refractivity contribution >= 4 is 5.69 Å². The molecule has 1 aromatic rings. The SMILES string of the molecule is Nc1cccc(OCCN(CCO)CCO)c1. The fourth-order valence-corrected chi connectivity index (χ4v) is 1.52. The molecule has 0 atom stereocenters. The summed E-state index contributed by atoms with van der Waals surface area (Å²) in [6.07, 6.45) is 0. The van der Waals surface area contributed by atoms with E-state index in [1.165, 1.54) is 0 Å². The number of nitrogen functional groups attached to an aromatic ring is 1. The standard InChI is InChI=1S/C12H20N2O3/c13-11-2-1-3-12(10-11)17-9-6-14(4-7-15)5-8-16/h1-3,10,15-16H,4-9,13H2. The quantitative estimate of drug-likeness (QED) is 0.555. The number of nitrogens with zero attached hydrogens (tertiary/aromatic N) is 1. The predicted molar refractivity (Wildman–Crippen MR) is 67.0 cm³/mol. The summed E-state index contributed by atoms with van der Waals surface area (Å²) in [5.74, 6) is 0.734. The van der Waals surface area contributed by atoms with Gasteiger partial charge in [-0.15, -0.1) is 0 Å². The Bertz CT molecular complexity index is 314. The first-order valence-electron chi connectivity index (χ1n) is 5.68. The minimum Gasteiger partial charge on any atom is -0.492 e. The van der Waals surface area contributed by atoms with Crippen LogP contribution in [0.3, 0.4) is 0 Å². The highest BCUT2D eigenvalue weighted by molar-refractivity contribution is 5.43. The number of benzene rings is 1. The van der Waals surface area contributed by atoms with Gasteiger partial charge in [-0.05, 0) is 12.1 Å². The normalized spacial score (nSPS) is 10.8. The lowest BCUT2D eigenvalue weighted by Crippen LogP contribution is -2.33. The van der Waals surface area contributed by atoms with Crippen LogP contribution in [0.15, 0.2) is 24.3 Å². The van der Waals surface area contributed by atoms with Gasteiger partial charge in [0, 0.05) is 31.4 Å². The maximum atomic E-state index is 8.84. The molecule has 0 radical (unpaired) electrons. The second kappa shape index (κ2) is 7.89. The first-order valence-corrected chi connectivity index (χ1v) is 5.68. The smallest absolute Gasteiger partial charge is 0.121 e. The summed E-state index contributed by atoms with van der Waals surface area (Å²) in [5.41, 5.74) is 6.30. The topological polar surface area (TPSA) is 79.0 Å². The fourth-order valence-electron chi connectivity index (χ4n) is 1.52. The highest BCUT2D eigenvalue weighted by Crippen LogP contribution is 2.14. The van der Waals surface area contributed by atoms with Crippen molar-refractivity contribution in [1.82, 2.24) is 4.90 Å². The molecule has 96 valence electrons. The Morgan fingerprint density at radius 2 is 1.82 bits per heavy atom. The van der Waals surface area contributed by atoms with Crippen molar-refractivity contribution in [3.63, 3.8) is 0 Å². The van der Waals surface area contributed by atoms with E-state index in [1.54, 1.807) is 12.1 Å². The lowest BCUT2D eigenvalue weighted by Gasteiger charge is -2.20. The van der Waals surface area contributed by atoms with E-state index < -0.39 is 0 Å². The van der Waals surface area contributed by atoms with Crippen LogP contribution in [0, 0.1) is 0 Å². The summed E-state index contributed by atoms with van der Waals surface area (Å²) >= 11 is 0. The van der Waals surface area contributed by atoms with Crippen LogP contribution in [-0.4, -0.2) is 54.6 Å². The summed E-state index contributed by atoms with van der Waals surface area (Å²) in [4.78, 5) is 1.94. The molecule has 0 saturated heterocycles. The Morgan fingerprint density at radius 3 is 2.41 bits per heavy atom. The van der Waals surface area contributed by atoms with Gasteiger partial charge in [0.1, 0.15) is 12.4 Å². The summed E-state index contributed by atoms with van der Waals surface area (Å²) in [7, 11) is 0. The lowest BCUT2D eigenvalue weighted by atomic mass is 10.3. The van der Waals surface area contributed by atoms with E-state index in [2.05, 4.69) is 0 Å². The third-order valence-corrected chi connectivity index (χ3v) is 2.37. The molecule has 0 heterocycles. The van der Waals surface area contributed by atoms with Crippen LogP contribution in [0.2, 0.25) is 0 Å². The molecule has 0 aromatic heterocycles. The molecule has 0 spiro atoms. The van der Waals surface area contributed by atoms with Crippen molar-refractivity contribution in [2.24, 2.45) is 0 Å². The van der Waals surface area contributed by atoms with Gasteiger partial charge in [0.15, 0.2) is 0 Å². The van der Waals surface area contributed by atoms with Gasteiger partial charge in [-0.25, -0.2) is 0 Å². The van der Waals surface area contributed by atoms with Crippen molar-refractivity contribution in [3.8, 4) is 5.75 Å². The number of anilines is 1. The Balaban J connectivity index is 2.30. The highest BCUT2D eigenvalue weighted by atomic mass is 16.5. The van der Waals surface area contributed by atoms with Crippen molar-refractivity contribution in [2.75, 3.05) is 45.2 Å². The van der Waals surface area contributed by atoms with Crippen LogP contribution < -0.4 is 10.5 Å². The molecule has 0 unspecified atom stereocenters. The van der Waals surface area contributed by atoms with Crippen molar-refractivity contribution in [3.05, 3.63) is 24.3 Å². The van der Waals surface area contributed by atoms with E-state index in [9.17, 15) is 0 Å². The Kier molecular flexibility index (Phi) is 6.39. The van der Waals surface area contributed by atoms with Crippen LogP contribution in [-0.2, 0) is 0 Å². The number of aliphatic hydroxyl groups excluding tert-OH is 2. The van der Waals surface area contributed by atoms with Crippen LogP contribution in [0.5, 0.6) is 5.75 Å². The van der Waals surface area contributed by atoms with E-state index in [0.29, 0.717) is 31.9 Å². The second-order valence-corrected chi connectivity index (χ2v) is 3.71. The molecule has 1 aromatic carbocycles. The molecule has 4 N–H and O–H groups in total. The van der Waals surface area contributed by atoms with Crippen LogP contribution in [0.1, 0.15) is 0 Å². The van der Waals surface area contributed by atoms with E-state index in [0.717, 1.165) is 5.75 Å². The van der Waals surface area contributed by atoms with Crippen molar-refractivity contribution in [2.45, 2.75) is 0 Å². The largest absolute Gasteiger partial charge is 0.492 e. The maximum Gasteiger partial charge on any atom is 0.121 e. The second-order valence-electron chi connectivity index (χ2n) is 3.71. The molecule has 0 amide bonds. The Labute approximate surface area is 101 Å². The predicted octanol–water partition coefficient (Wildman–Crippen LogP) is -0.0658. The fraction of sp³-hybridized carbons (Fsp3) is 0.500. The van der Waals surface area contributed by atoms with Gasteiger partial charge in [-0.1, -0.05) is 6.07 Å². The molecule has 0 aliphatic rings. The van der Waals surface area contributed by atoms with Crippen molar-refractivity contribution < 1.29 is 14.9 Å². The number of rotatable bonds is 8. The molecule has 0 aliphatic carbocycles. The van der Waals surface area contributed by atoms with E-state index in [4.69, 9.17) is 20.7 Å². The third-order valence-electron chi connectivity index (χ3n) is 2.37. The zero-order valence-corrected chi connectivity index (χ0v) is 9.88. The number of ether oxygens (including phenoxy) is 1. The summed E-state index contributed by atoms with van der Waals surface area (Å²) in [6, 6.07) is 7.25. The van der Waals surface area contributed by atoms with Crippen LogP contribution in [0.25, 0.3) is 0 Å². The monoisotopic (exact) mass is 240 g/mol. The number of aliphatic hydroxyl groups is 2. The van der Waals surface area contributed by atoms with Gasteiger partial charge in [0.25, 0.3) is 0 Å². The average molecular weight is 240 g/mol. The Hall–Kier alpha value is -1.30. The van der Waals surface area contributed by atoms with E-state index >= 15 is 0 Å². The highest BCUT2D eigenvalue weighted by Gasteiger charge is 2.03. The average Bonchev–Trinajstić information content (AvgIpc) is 2.30. The number of nitrogens with two attached hydrogens (primary N) is 1. The van der Waals surface area contributed by atoms with Crippen LogP contribution >= 0.6 is 0 Å². The maximum absolute atomic E-state index is 8.84. The van der Waals surface area contributed by atoms with Gasteiger partial charge >= 0.3 is 0 Å². The number of hydrogen-bond acceptors (Lipinski definition) is 5. The molecule has 0 aliphatic heterocycles. The zero-order valence-electron chi connectivity index (χ0n) is 9.88. The van der Waals surface area contributed by atoms with Crippen molar-refractivity contribution in [1.29, 1.82) is 0 Å². The molecular weight excluding hydrogens is 220 g/mol. The first kappa shape index (κ1) is 13.8. The summed E-state index contributed by atoms with van der Waals surface area (Å²) in [5, 5.41) is 17.7.